The minimum absolute atomic E-state index is 0.199. The summed E-state index contributed by atoms with van der Waals surface area (Å²) in [5.41, 5.74) is 1.69. The van der Waals surface area contributed by atoms with Gasteiger partial charge in [0.25, 0.3) is 0 Å². The van der Waals surface area contributed by atoms with Crippen LogP contribution in [0.25, 0.3) is 0 Å². The van der Waals surface area contributed by atoms with E-state index in [9.17, 15) is 0 Å². The van der Waals surface area contributed by atoms with Crippen LogP contribution in [-0.4, -0.2) is 18.4 Å². The van der Waals surface area contributed by atoms with Gasteiger partial charge in [0.05, 0.1) is 0 Å². The van der Waals surface area contributed by atoms with Gasteiger partial charge in [-0.1, -0.05) is 0 Å². The molecule has 2 nitrogen and oxygen atoms in total. The molecular weight excluding hydrogens is 507 g/mol. The Labute approximate surface area is 201 Å². The molecule has 0 atom stereocenters. The number of hydrogen-bond acceptors (Lipinski definition) is 3. The Hall–Kier alpha value is -0.161. The number of aryl methyl sites for hydroxylation is 1. The maximum absolute atomic E-state index is 5.76. The molecule has 1 aliphatic rings. The second kappa shape index (κ2) is 15.6. The van der Waals surface area contributed by atoms with Gasteiger partial charge in [0.15, 0.2) is 0 Å². The Kier molecular flexibility index (Phi) is 13.7. The molecule has 0 aliphatic carbocycles. The third kappa shape index (κ3) is 8.61. The van der Waals surface area contributed by atoms with Crippen molar-refractivity contribution in [3.05, 3.63) is 29.0 Å². The first kappa shape index (κ1) is 27.1. The minimum atomic E-state index is -2.45. The predicted octanol–water partition coefficient (Wildman–Crippen LogP) is 9.22. The van der Waals surface area contributed by atoms with E-state index >= 15 is 0 Å². The van der Waals surface area contributed by atoms with E-state index in [1.807, 2.05) is 2.89 Å². The summed E-state index contributed by atoms with van der Waals surface area (Å²) in [6.45, 7) is 9.42. The molecule has 1 aromatic heterocycles. The molecule has 0 fully saturated rings. The average molecular weight is 555 g/mol. The summed E-state index contributed by atoms with van der Waals surface area (Å²) in [7, 11) is 0. The van der Waals surface area contributed by atoms with Gasteiger partial charge in [-0.2, -0.15) is 0 Å². The van der Waals surface area contributed by atoms with Crippen molar-refractivity contribution in [3.63, 3.8) is 0 Å². The molecule has 2 rings (SSSR count). The van der Waals surface area contributed by atoms with E-state index in [-0.39, 0.29) is 6.29 Å². The fourth-order valence-electron chi connectivity index (χ4n) is 4.93. The number of thiophene rings is 1. The topological polar surface area (TPSA) is 18.5 Å². The van der Waals surface area contributed by atoms with Crippen molar-refractivity contribution in [1.29, 1.82) is 0 Å². The summed E-state index contributed by atoms with van der Waals surface area (Å²) < 4.78 is 18.0. The third-order valence-electron chi connectivity index (χ3n) is 6.83. The van der Waals surface area contributed by atoms with Gasteiger partial charge in [-0.05, 0) is 0 Å². The summed E-state index contributed by atoms with van der Waals surface area (Å²) >= 11 is -0.358. The molecule has 0 aromatic carbocycles. The van der Waals surface area contributed by atoms with E-state index in [1.165, 1.54) is 88.3 Å². The Morgan fingerprint density at radius 1 is 0.710 bits per heavy atom. The van der Waals surface area contributed by atoms with Crippen LogP contribution >= 0.6 is 11.3 Å². The van der Waals surface area contributed by atoms with Gasteiger partial charge < -0.3 is 0 Å². The van der Waals surface area contributed by atoms with Gasteiger partial charge in [0, 0.05) is 0 Å². The van der Waals surface area contributed by atoms with Gasteiger partial charge in [-0.15, -0.1) is 0 Å². The fraction of sp³-hybridized carbons (Fsp3) is 0.778. The van der Waals surface area contributed by atoms with Crippen molar-refractivity contribution in [2.45, 2.75) is 131 Å². The molecule has 0 N–H and O–H groups in total. The van der Waals surface area contributed by atoms with Crippen LogP contribution in [-0.2, 0) is 15.9 Å². The standard InChI is InChI=1S/C15H21O2S.3C4H9.Sn/c1-2-3-4-5-6-7-8-13-11-14(18-12-13)15-16-9-10-17-15;3*1-3-4-2;/h9-11,15H,2-8H2,1H3;3*1,3-4H2,2H3;. The third-order valence-corrected chi connectivity index (χ3v) is 26.5. The van der Waals surface area contributed by atoms with Crippen molar-refractivity contribution < 1.29 is 9.47 Å². The average Bonchev–Trinajstić information content (AvgIpc) is 3.46. The van der Waals surface area contributed by atoms with Crippen LogP contribution in [0.2, 0.25) is 13.3 Å². The first-order valence-corrected chi connectivity index (χ1v) is 21.6. The zero-order chi connectivity index (χ0) is 22.4. The van der Waals surface area contributed by atoms with E-state index < -0.39 is 18.4 Å². The van der Waals surface area contributed by atoms with E-state index in [0.717, 1.165) is 0 Å². The number of unbranched alkanes of at least 4 members (excludes halogenated alkanes) is 8. The molecule has 0 spiro atoms. The Bertz CT molecular complexity index is 595. The molecule has 1 aliphatic heterocycles. The fourth-order valence-corrected chi connectivity index (χ4v) is 26.4. The van der Waals surface area contributed by atoms with Crippen molar-refractivity contribution in [2.24, 2.45) is 0 Å². The normalized spacial score (nSPS) is 14.2. The van der Waals surface area contributed by atoms with Crippen molar-refractivity contribution >= 4 is 32.6 Å². The van der Waals surface area contributed by atoms with E-state index in [1.54, 1.807) is 31.4 Å². The Morgan fingerprint density at radius 3 is 1.77 bits per heavy atom. The van der Waals surface area contributed by atoms with E-state index in [0.29, 0.717) is 0 Å². The number of ether oxygens (including phenoxy) is 2. The first-order chi connectivity index (χ1) is 15.2. The molecule has 0 unspecified atom stereocenters. The first-order valence-electron chi connectivity index (χ1n) is 13.3. The molecule has 0 saturated heterocycles. The molecule has 0 radical (unpaired) electrons. The number of hydrogen-bond donors (Lipinski definition) is 0. The van der Waals surface area contributed by atoms with Gasteiger partial charge >= 0.3 is 202 Å². The van der Waals surface area contributed by atoms with Crippen molar-refractivity contribution in [1.82, 2.24) is 0 Å². The van der Waals surface area contributed by atoms with Gasteiger partial charge in [-0.3, -0.25) is 0 Å². The van der Waals surface area contributed by atoms with E-state index in [4.69, 9.17) is 9.47 Å². The van der Waals surface area contributed by atoms with Crippen LogP contribution in [0.1, 0.15) is 121 Å². The van der Waals surface area contributed by atoms with E-state index in [2.05, 4.69) is 45.1 Å². The SMILES string of the molecule is CCCCCCCCc1cc(C2OC=CO2)s[c]1[Sn]([CH2]CCC)([CH2]CCC)[CH2]CCC. The van der Waals surface area contributed by atoms with Crippen molar-refractivity contribution in [2.75, 3.05) is 0 Å². The molecule has 0 bridgehead atoms. The second-order valence-corrected chi connectivity index (χ2v) is 24.6. The van der Waals surface area contributed by atoms with Crippen LogP contribution in [0.5, 0.6) is 0 Å². The molecule has 31 heavy (non-hydrogen) atoms. The van der Waals surface area contributed by atoms with Crippen LogP contribution in [0.15, 0.2) is 18.6 Å². The van der Waals surface area contributed by atoms with Crippen LogP contribution in [0.4, 0.5) is 0 Å². The van der Waals surface area contributed by atoms with Crippen LogP contribution < -0.4 is 2.89 Å². The zero-order valence-corrected chi connectivity index (χ0v) is 24.5. The molecule has 1 aromatic rings. The Balaban J connectivity index is 2.28. The summed E-state index contributed by atoms with van der Waals surface area (Å²) in [4.78, 5) is 1.31. The second-order valence-electron chi connectivity index (χ2n) is 9.49. The zero-order valence-electron chi connectivity index (χ0n) is 20.8. The quantitative estimate of drug-likeness (QED) is 0.133. The molecule has 4 heteroatoms. The molecule has 0 saturated carbocycles. The van der Waals surface area contributed by atoms with Crippen LogP contribution in [0, 0.1) is 0 Å². The summed E-state index contributed by atoms with van der Waals surface area (Å²) in [6, 6.07) is 2.49. The number of rotatable bonds is 18. The monoisotopic (exact) mass is 556 g/mol. The molecule has 178 valence electrons. The summed E-state index contributed by atoms with van der Waals surface area (Å²) in [5, 5.41) is 0. The molecular formula is C27H48O2SSn. The molecule has 0 amide bonds. The van der Waals surface area contributed by atoms with Crippen molar-refractivity contribution in [3.8, 4) is 0 Å². The van der Waals surface area contributed by atoms with Gasteiger partial charge in [-0.25, -0.2) is 0 Å². The van der Waals surface area contributed by atoms with Gasteiger partial charge in [0.1, 0.15) is 0 Å². The van der Waals surface area contributed by atoms with Gasteiger partial charge in [0.2, 0.25) is 0 Å². The predicted molar refractivity (Wildman–Crippen MR) is 140 cm³/mol. The maximum atomic E-state index is 5.76. The summed E-state index contributed by atoms with van der Waals surface area (Å²) in [6.07, 6.45) is 21.0. The summed E-state index contributed by atoms with van der Waals surface area (Å²) in [5.74, 6) is 0. The van der Waals surface area contributed by atoms with Crippen LogP contribution in [0.3, 0.4) is 0 Å². The molecule has 2 heterocycles. The Morgan fingerprint density at radius 2 is 1.23 bits per heavy atom.